The van der Waals surface area contributed by atoms with Gasteiger partial charge in [0.2, 0.25) is 0 Å². The maximum Gasteiger partial charge on any atom is 0.0642 e. The van der Waals surface area contributed by atoms with E-state index in [4.69, 9.17) is 14.6 Å². The number of hydrogen-bond acceptors (Lipinski definition) is 4. The fourth-order valence-corrected chi connectivity index (χ4v) is 1.78. The van der Waals surface area contributed by atoms with Crippen LogP contribution in [0, 0.1) is 5.92 Å². The van der Waals surface area contributed by atoms with Gasteiger partial charge in [0, 0.05) is 32.4 Å². The van der Waals surface area contributed by atoms with Gasteiger partial charge in [-0.05, 0) is 19.3 Å². The number of aliphatic hydroxyl groups excluding tert-OH is 1. The molecule has 0 radical (unpaired) electrons. The van der Waals surface area contributed by atoms with Gasteiger partial charge in [0.1, 0.15) is 0 Å². The summed E-state index contributed by atoms with van der Waals surface area (Å²) in [6.07, 6.45) is 0.674. The molecular weight excluding hydrogens is 206 g/mol. The minimum absolute atomic E-state index is 0.157. The van der Waals surface area contributed by atoms with E-state index in [-0.39, 0.29) is 18.2 Å². The molecule has 0 heterocycles. The highest BCUT2D eigenvalue weighted by Crippen LogP contribution is 2.14. The van der Waals surface area contributed by atoms with Crippen LogP contribution in [-0.2, 0) is 9.47 Å². The molecule has 4 nitrogen and oxygen atoms in total. The zero-order valence-corrected chi connectivity index (χ0v) is 11.2. The fourth-order valence-electron chi connectivity index (χ4n) is 1.78. The monoisotopic (exact) mass is 233 g/mol. The predicted octanol–water partition coefficient (Wildman–Crippen LogP) is 1.03. The van der Waals surface area contributed by atoms with Gasteiger partial charge >= 0.3 is 0 Å². The number of nitrogens with one attached hydrogen (secondary N) is 1. The van der Waals surface area contributed by atoms with Crippen molar-refractivity contribution in [1.82, 2.24) is 5.32 Å². The number of aliphatic hydroxyl groups is 1. The molecule has 98 valence electrons. The molecule has 2 atom stereocenters. The Bertz CT molecular complexity index is 168. The Hall–Kier alpha value is -0.160. The normalized spacial score (nSPS) is 17.4. The molecule has 0 spiro atoms. The van der Waals surface area contributed by atoms with Crippen LogP contribution in [0.3, 0.4) is 0 Å². The molecular formula is C12H27NO3. The van der Waals surface area contributed by atoms with Crippen molar-refractivity contribution in [3.8, 4) is 0 Å². The van der Waals surface area contributed by atoms with Crippen molar-refractivity contribution in [2.45, 2.75) is 38.8 Å². The molecule has 0 saturated heterocycles. The summed E-state index contributed by atoms with van der Waals surface area (Å²) in [5.41, 5.74) is -0.197. The van der Waals surface area contributed by atoms with Gasteiger partial charge < -0.3 is 19.9 Å². The van der Waals surface area contributed by atoms with E-state index in [0.717, 1.165) is 0 Å². The third-order valence-electron chi connectivity index (χ3n) is 2.81. The maximum absolute atomic E-state index is 9.08. The molecule has 0 aromatic heterocycles. The molecule has 0 bridgehead atoms. The third kappa shape index (κ3) is 5.80. The number of rotatable bonds is 9. The Morgan fingerprint density at radius 1 is 1.25 bits per heavy atom. The average molecular weight is 233 g/mol. The second-order valence-corrected chi connectivity index (χ2v) is 4.92. The lowest BCUT2D eigenvalue weighted by molar-refractivity contribution is 0.0643. The summed E-state index contributed by atoms with van der Waals surface area (Å²) in [5, 5.41) is 12.6. The zero-order chi connectivity index (χ0) is 12.6. The van der Waals surface area contributed by atoms with Crippen molar-refractivity contribution >= 4 is 0 Å². The first-order valence-electron chi connectivity index (χ1n) is 5.85. The van der Waals surface area contributed by atoms with Crippen LogP contribution in [0.25, 0.3) is 0 Å². The Morgan fingerprint density at radius 3 is 2.25 bits per heavy atom. The minimum atomic E-state index is -0.197. The first-order chi connectivity index (χ1) is 7.49. The van der Waals surface area contributed by atoms with Crippen molar-refractivity contribution in [3.05, 3.63) is 0 Å². The smallest absolute Gasteiger partial charge is 0.0642 e. The molecule has 0 saturated carbocycles. The zero-order valence-electron chi connectivity index (χ0n) is 11.2. The van der Waals surface area contributed by atoms with Crippen LogP contribution in [0.1, 0.15) is 27.2 Å². The van der Waals surface area contributed by atoms with Crippen LogP contribution in [0.2, 0.25) is 0 Å². The molecule has 0 fully saturated rings. The lowest BCUT2D eigenvalue weighted by Crippen LogP contribution is -2.54. The minimum Gasteiger partial charge on any atom is -0.396 e. The number of methoxy groups -OCH3 is 2. The maximum atomic E-state index is 9.08. The molecule has 2 N–H and O–H groups in total. The summed E-state index contributed by atoms with van der Waals surface area (Å²) in [6.45, 7) is 7.79. The lowest BCUT2D eigenvalue weighted by Gasteiger charge is -2.35. The van der Waals surface area contributed by atoms with E-state index in [1.807, 2.05) is 0 Å². The third-order valence-corrected chi connectivity index (χ3v) is 2.81. The van der Waals surface area contributed by atoms with Gasteiger partial charge in [-0.3, -0.25) is 0 Å². The van der Waals surface area contributed by atoms with Gasteiger partial charge in [-0.2, -0.15) is 0 Å². The van der Waals surface area contributed by atoms with Gasteiger partial charge in [0.25, 0.3) is 0 Å². The van der Waals surface area contributed by atoms with Gasteiger partial charge in [0.05, 0.1) is 13.2 Å². The van der Waals surface area contributed by atoms with Gasteiger partial charge in [0.15, 0.2) is 0 Å². The van der Waals surface area contributed by atoms with Crippen LogP contribution in [-0.4, -0.2) is 50.7 Å². The van der Waals surface area contributed by atoms with Crippen molar-refractivity contribution in [3.63, 3.8) is 0 Å². The fraction of sp³-hybridized carbons (Fsp3) is 1.00. The molecule has 0 rings (SSSR count). The summed E-state index contributed by atoms with van der Waals surface area (Å²) in [6, 6.07) is 0.275. The molecule has 0 aromatic rings. The van der Waals surface area contributed by atoms with E-state index in [1.165, 1.54) is 0 Å². The number of hydrogen-bond donors (Lipinski definition) is 2. The van der Waals surface area contributed by atoms with E-state index in [9.17, 15) is 0 Å². The second-order valence-electron chi connectivity index (χ2n) is 4.92. The van der Waals surface area contributed by atoms with E-state index in [2.05, 4.69) is 26.1 Å². The van der Waals surface area contributed by atoms with Crippen LogP contribution >= 0.6 is 0 Å². The average Bonchev–Trinajstić information content (AvgIpc) is 2.17. The summed E-state index contributed by atoms with van der Waals surface area (Å²) in [4.78, 5) is 0. The van der Waals surface area contributed by atoms with Crippen LogP contribution in [0.4, 0.5) is 0 Å². The van der Waals surface area contributed by atoms with E-state index >= 15 is 0 Å². The van der Waals surface area contributed by atoms with Crippen LogP contribution in [0.15, 0.2) is 0 Å². The van der Waals surface area contributed by atoms with Crippen molar-refractivity contribution < 1.29 is 14.6 Å². The van der Waals surface area contributed by atoms with Crippen molar-refractivity contribution in [2.75, 3.05) is 34.0 Å². The summed E-state index contributed by atoms with van der Waals surface area (Å²) in [5.74, 6) is 0.481. The Balaban J connectivity index is 4.43. The SMILES string of the molecule is COCC(NC(C)(CCO)COC)C(C)C. The first-order valence-corrected chi connectivity index (χ1v) is 5.85. The number of ether oxygens (including phenoxy) is 2. The molecule has 0 aliphatic rings. The molecule has 2 unspecified atom stereocenters. The van der Waals surface area contributed by atoms with Crippen LogP contribution in [0.5, 0.6) is 0 Å². The standard InChI is InChI=1S/C12H27NO3/c1-10(2)11(8-15-4)13-12(3,6-7-14)9-16-5/h10-11,13-14H,6-9H2,1-5H3. The largest absolute Gasteiger partial charge is 0.396 e. The highest BCUT2D eigenvalue weighted by atomic mass is 16.5. The van der Waals surface area contributed by atoms with E-state index in [0.29, 0.717) is 25.6 Å². The van der Waals surface area contributed by atoms with Crippen LogP contribution < -0.4 is 5.32 Å². The quantitative estimate of drug-likeness (QED) is 0.624. The first kappa shape index (κ1) is 15.8. The van der Waals surface area contributed by atoms with Gasteiger partial charge in [-0.1, -0.05) is 13.8 Å². The molecule has 0 aromatic carbocycles. The lowest BCUT2D eigenvalue weighted by atomic mass is 9.95. The Kier molecular flexibility index (Phi) is 7.93. The van der Waals surface area contributed by atoms with E-state index < -0.39 is 0 Å². The predicted molar refractivity (Wildman–Crippen MR) is 65.6 cm³/mol. The Labute approximate surface area is 99.3 Å². The molecule has 0 aliphatic carbocycles. The van der Waals surface area contributed by atoms with Crippen molar-refractivity contribution in [1.29, 1.82) is 0 Å². The van der Waals surface area contributed by atoms with Gasteiger partial charge in [-0.15, -0.1) is 0 Å². The summed E-state index contributed by atoms with van der Waals surface area (Å²) >= 11 is 0. The summed E-state index contributed by atoms with van der Waals surface area (Å²) < 4.78 is 10.4. The Morgan fingerprint density at radius 2 is 1.88 bits per heavy atom. The highest BCUT2D eigenvalue weighted by molar-refractivity contribution is 4.87. The van der Waals surface area contributed by atoms with E-state index in [1.54, 1.807) is 14.2 Å². The van der Waals surface area contributed by atoms with Crippen molar-refractivity contribution in [2.24, 2.45) is 5.92 Å². The molecule has 0 amide bonds. The van der Waals surface area contributed by atoms with Gasteiger partial charge in [-0.25, -0.2) is 0 Å². The highest BCUT2D eigenvalue weighted by Gasteiger charge is 2.28. The second kappa shape index (κ2) is 8.01. The molecule has 4 heteroatoms. The summed E-state index contributed by atoms with van der Waals surface area (Å²) in [7, 11) is 3.38. The molecule has 16 heavy (non-hydrogen) atoms. The molecule has 0 aliphatic heterocycles. The topological polar surface area (TPSA) is 50.7 Å².